The first-order chi connectivity index (χ1) is 21.9. The molecular formula is C31H29ClN6O8. The molecule has 238 valence electrons. The van der Waals surface area contributed by atoms with Crippen molar-refractivity contribution in [2.45, 2.75) is 26.4 Å². The number of ether oxygens (including phenoxy) is 4. The van der Waals surface area contributed by atoms with Gasteiger partial charge in [0.25, 0.3) is 11.8 Å². The van der Waals surface area contributed by atoms with Gasteiger partial charge in [-0.05, 0) is 32.9 Å². The Morgan fingerprint density at radius 2 is 1.78 bits per heavy atom. The number of amides is 4. The fraction of sp³-hybridized carbons (Fsp3) is 0.290. The first kappa shape index (κ1) is 30.6. The molecule has 0 fully saturated rings. The summed E-state index contributed by atoms with van der Waals surface area (Å²) in [6, 6.07) is 11.4. The number of imide groups is 1. The minimum Gasteiger partial charge on any atom is -0.494 e. The molecule has 15 heteroatoms. The van der Waals surface area contributed by atoms with E-state index >= 15 is 0 Å². The van der Waals surface area contributed by atoms with Crippen molar-refractivity contribution in [3.8, 4) is 17.2 Å². The SMILES string of the molecule is COc1cc2c(cc1-n1nc(NC(=O)OCCN3C(=O)c4ccccc4C3=O)c3cnc(Cl)cc31)OCCN2C(=O)OC(C)(C)C. The van der Waals surface area contributed by atoms with E-state index in [0.29, 0.717) is 44.9 Å². The highest BCUT2D eigenvalue weighted by atomic mass is 35.5. The van der Waals surface area contributed by atoms with Crippen molar-refractivity contribution in [3.05, 3.63) is 64.9 Å². The van der Waals surface area contributed by atoms with Gasteiger partial charge in [-0.3, -0.25) is 24.7 Å². The molecule has 2 aliphatic heterocycles. The Morgan fingerprint density at radius 3 is 2.46 bits per heavy atom. The fourth-order valence-electron chi connectivity index (χ4n) is 5.13. The van der Waals surface area contributed by atoms with Gasteiger partial charge in [0.05, 0.1) is 47.9 Å². The predicted molar refractivity (Wildman–Crippen MR) is 166 cm³/mol. The second kappa shape index (κ2) is 11.9. The van der Waals surface area contributed by atoms with Gasteiger partial charge in [-0.2, -0.15) is 0 Å². The summed E-state index contributed by atoms with van der Waals surface area (Å²) in [6.07, 6.45) is 0.0513. The van der Waals surface area contributed by atoms with Crippen molar-refractivity contribution in [2.24, 2.45) is 0 Å². The van der Waals surface area contributed by atoms with E-state index in [0.717, 1.165) is 4.90 Å². The highest BCUT2D eigenvalue weighted by Gasteiger charge is 2.35. The van der Waals surface area contributed by atoms with Gasteiger partial charge in [-0.25, -0.2) is 19.3 Å². The third-order valence-corrected chi connectivity index (χ3v) is 7.35. The Labute approximate surface area is 267 Å². The number of hydrogen-bond acceptors (Lipinski definition) is 10. The van der Waals surface area contributed by atoms with Gasteiger partial charge in [0, 0.05) is 24.4 Å². The first-order valence-electron chi connectivity index (χ1n) is 14.2. The maximum atomic E-state index is 13.0. The molecule has 0 saturated heterocycles. The van der Waals surface area contributed by atoms with Crippen LogP contribution >= 0.6 is 11.6 Å². The molecule has 0 radical (unpaired) electrons. The van der Waals surface area contributed by atoms with Crippen LogP contribution in [0.15, 0.2) is 48.7 Å². The van der Waals surface area contributed by atoms with Gasteiger partial charge < -0.3 is 18.9 Å². The van der Waals surface area contributed by atoms with Crippen LogP contribution in [-0.4, -0.2) is 82.7 Å². The van der Waals surface area contributed by atoms with E-state index in [-0.39, 0.29) is 37.3 Å². The third-order valence-electron chi connectivity index (χ3n) is 7.14. The molecule has 0 atom stereocenters. The van der Waals surface area contributed by atoms with Gasteiger partial charge >= 0.3 is 12.2 Å². The number of hydrogen-bond donors (Lipinski definition) is 1. The van der Waals surface area contributed by atoms with Crippen molar-refractivity contribution in [1.29, 1.82) is 0 Å². The number of fused-ring (bicyclic) bond motifs is 3. The lowest BCUT2D eigenvalue weighted by atomic mass is 10.1. The number of anilines is 2. The highest BCUT2D eigenvalue weighted by Crippen LogP contribution is 2.41. The molecule has 2 aromatic heterocycles. The molecule has 0 spiro atoms. The van der Waals surface area contributed by atoms with Crippen LogP contribution in [0.5, 0.6) is 11.5 Å². The van der Waals surface area contributed by atoms with Gasteiger partial charge in [0.1, 0.15) is 41.2 Å². The number of nitrogens with zero attached hydrogens (tertiary/aromatic N) is 5. The summed E-state index contributed by atoms with van der Waals surface area (Å²) in [6.45, 7) is 5.49. The number of halogens is 1. The van der Waals surface area contributed by atoms with Gasteiger partial charge in [0.2, 0.25) is 0 Å². The van der Waals surface area contributed by atoms with Crippen LogP contribution in [0.3, 0.4) is 0 Å². The zero-order valence-corrected chi connectivity index (χ0v) is 26.1. The number of benzene rings is 2. The summed E-state index contributed by atoms with van der Waals surface area (Å²) < 4.78 is 24.0. The normalized spacial score (nSPS) is 14.1. The lowest BCUT2D eigenvalue weighted by Crippen LogP contribution is -2.41. The standard InChI is InChI=1S/C31H29ClN6O8/c1-31(2,3)46-30(42)36-9-11-44-24-14-22(23(43-4)13-21(24)36)38-20-15-25(32)33-16-19(20)26(35-38)34-29(41)45-12-10-37-27(39)17-7-5-6-8-18(17)28(37)40/h5-8,13-16H,9-12H2,1-4H3,(H,34,35,41). The van der Waals surface area contributed by atoms with E-state index in [1.165, 1.54) is 22.9 Å². The van der Waals surface area contributed by atoms with Crippen LogP contribution in [0, 0.1) is 0 Å². The Hall–Kier alpha value is -5.37. The predicted octanol–water partition coefficient (Wildman–Crippen LogP) is 5.06. The molecule has 6 rings (SSSR count). The summed E-state index contributed by atoms with van der Waals surface area (Å²) in [5.74, 6) is -0.0750. The smallest absolute Gasteiger partial charge is 0.415 e. The molecule has 14 nitrogen and oxygen atoms in total. The van der Waals surface area contributed by atoms with E-state index in [2.05, 4.69) is 15.4 Å². The van der Waals surface area contributed by atoms with E-state index in [1.807, 2.05) is 0 Å². The summed E-state index contributed by atoms with van der Waals surface area (Å²) in [4.78, 5) is 57.6. The van der Waals surface area contributed by atoms with Crippen molar-refractivity contribution < 1.29 is 38.1 Å². The van der Waals surface area contributed by atoms with E-state index in [1.54, 1.807) is 63.2 Å². The van der Waals surface area contributed by atoms with E-state index < -0.39 is 29.6 Å². The molecule has 2 aromatic carbocycles. The summed E-state index contributed by atoms with van der Waals surface area (Å²) in [7, 11) is 1.47. The number of methoxy groups -OCH3 is 1. The molecule has 0 saturated carbocycles. The van der Waals surface area contributed by atoms with Crippen LogP contribution in [0.1, 0.15) is 41.5 Å². The van der Waals surface area contributed by atoms with Crippen LogP contribution in [-0.2, 0) is 9.47 Å². The second-order valence-corrected chi connectivity index (χ2v) is 11.7. The van der Waals surface area contributed by atoms with Crippen molar-refractivity contribution in [1.82, 2.24) is 19.7 Å². The zero-order valence-electron chi connectivity index (χ0n) is 25.3. The second-order valence-electron chi connectivity index (χ2n) is 11.3. The average molecular weight is 649 g/mol. The summed E-state index contributed by atoms with van der Waals surface area (Å²) in [5.41, 5.74) is 1.27. The number of nitrogens with one attached hydrogen (secondary N) is 1. The van der Waals surface area contributed by atoms with Crippen LogP contribution in [0.2, 0.25) is 5.15 Å². The topological polar surface area (TPSA) is 154 Å². The summed E-state index contributed by atoms with van der Waals surface area (Å²) in [5, 5.41) is 7.78. The van der Waals surface area contributed by atoms with Gasteiger partial charge in [-0.1, -0.05) is 23.7 Å². The Morgan fingerprint density at radius 1 is 1.07 bits per heavy atom. The van der Waals surface area contributed by atoms with E-state index in [9.17, 15) is 19.2 Å². The number of rotatable bonds is 6. The molecule has 0 bridgehead atoms. The Kier molecular flexibility index (Phi) is 7.90. The van der Waals surface area contributed by atoms with Crippen molar-refractivity contribution in [2.75, 3.05) is 43.6 Å². The maximum Gasteiger partial charge on any atom is 0.415 e. The number of carbonyl (C=O) groups is 4. The minimum atomic E-state index is -0.869. The van der Waals surface area contributed by atoms with Crippen LogP contribution < -0.4 is 19.7 Å². The van der Waals surface area contributed by atoms with Crippen molar-refractivity contribution in [3.63, 3.8) is 0 Å². The first-order valence-corrected chi connectivity index (χ1v) is 14.6. The zero-order chi connectivity index (χ0) is 32.7. The molecule has 0 unspecified atom stereocenters. The van der Waals surface area contributed by atoms with Crippen molar-refractivity contribution >= 4 is 58.0 Å². The van der Waals surface area contributed by atoms with Gasteiger partial charge in [0.15, 0.2) is 5.82 Å². The van der Waals surface area contributed by atoms with Gasteiger partial charge in [-0.15, -0.1) is 5.10 Å². The number of carbonyl (C=O) groups excluding carboxylic acids is 4. The minimum absolute atomic E-state index is 0.0981. The number of pyridine rings is 1. The molecular weight excluding hydrogens is 620 g/mol. The number of aromatic nitrogens is 3. The summed E-state index contributed by atoms with van der Waals surface area (Å²) >= 11 is 6.24. The fourth-order valence-corrected chi connectivity index (χ4v) is 5.29. The lowest BCUT2D eigenvalue weighted by Gasteiger charge is -2.32. The quantitative estimate of drug-likeness (QED) is 0.222. The Bertz CT molecular complexity index is 1870. The molecule has 4 aromatic rings. The Balaban J connectivity index is 1.24. The molecule has 4 amide bonds. The molecule has 46 heavy (non-hydrogen) atoms. The highest BCUT2D eigenvalue weighted by molar-refractivity contribution is 6.30. The van der Waals surface area contributed by atoms with Crippen LogP contribution in [0.25, 0.3) is 16.6 Å². The third kappa shape index (κ3) is 5.74. The molecule has 1 N–H and O–H groups in total. The monoisotopic (exact) mass is 648 g/mol. The molecule has 4 heterocycles. The molecule has 0 aliphatic carbocycles. The van der Waals surface area contributed by atoms with Crippen LogP contribution in [0.4, 0.5) is 21.1 Å². The average Bonchev–Trinajstić information content (AvgIpc) is 3.48. The lowest BCUT2D eigenvalue weighted by molar-refractivity contribution is 0.0565. The largest absolute Gasteiger partial charge is 0.494 e. The van der Waals surface area contributed by atoms with E-state index in [4.69, 9.17) is 30.5 Å². The molecule has 2 aliphatic rings. The maximum absolute atomic E-state index is 13.0.